The molecule has 0 heterocycles. The molecule has 0 saturated carbocycles. The predicted octanol–water partition coefficient (Wildman–Crippen LogP) is 2.98. The molecule has 1 N–H and O–H groups in total. The standard InChI is InChI=1S/C15H14BrNO5S/c1-21-13-7-10(8-14(22-2)15(13)18)9-17-23(19,20)12-5-3-11(16)4-6-12/h3-9,18H,1-2H3/b17-9+. The summed E-state index contributed by atoms with van der Waals surface area (Å²) in [5.41, 5.74) is 0.414. The van der Waals surface area contributed by atoms with Crippen LogP contribution in [0.15, 0.2) is 50.2 Å². The molecule has 23 heavy (non-hydrogen) atoms. The lowest BCUT2D eigenvalue weighted by molar-refractivity contribution is 0.340. The van der Waals surface area contributed by atoms with Gasteiger partial charge in [0.1, 0.15) is 0 Å². The van der Waals surface area contributed by atoms with Gasteiger partial charge in [0, 0.05) is 16.3 Å². The highest BCUT2D eigenvalue weighted by atomic mass is 79.9. The maximum Gasteiger partial charge on any atom is 0.282 e. The van der Waals surface area contributed by atoms with Gasteiger partial charge in [0.2, 0.25) is 5.75 Å². The van der Waals surface area contributed by atoms with Gasteiger partial charge in [0.25, 0.3) is 10.0 Å². The van der Waals surface area contributed by atoms with Crippen molar-refractivity contribution in [3.63, 3.8) is 0 Å². The van der Waals surface area contributed by atoms with Crippen LogP contribution in [-0.4, -0.2) is 34.0 Å². The molecule has 2 aromatic carbocycles. The van der Waals surface area contributed by atoms with Crippen LogP contribution < -0.4 is 9.47 Å². The summed E-state index contributed by atoms with van der Waals surface area (Å²) in [6.07, 6.45) is 1.17. The van der Waals surface area contributed by atoms with Crippen molar-refractivity contribution in [3.05, 3.63) is 46.4 Å². The first-order chi connectivity index (χ1) is 10.9. The fourth-order valence-electron chi connectivity index (χ4n) is 1.79. The average molecular weight is 400 g/mol. The Bertz CT molecular complexity index is 806. The second-order valence-electron chi connectivity index (χ2n) is 4.44. The SMILES string of the molecule is COc1cc(/C=N/S(=O)(=O)c2ccc(Br)cc2)cc(OC)c1O. The van der Waals surface area contributed by atoms with Gasteiger partial charge >= 0.3 is 0 Å². The van der Waals surface area contributed by atoms with Crippen molar-refractivity contribution in [1.82, 2.24) is 0 Å². The van der Waals surface area contributed by atoms with E-state index in [0.717, 1.165) is 4.47 Å². The van der Waals surface area contributed by atoms with Gasteiger partial charge in [0.05, 0.1) is 19.1 Å². The zero-order valence-corrected chi connectivity index (χ0v) is 14.8. The Kier molecular flexibility index (Phi) is 5.27. The van der Waals surface area contributed by atoms with Gasteiger partial charge < -0.3 is 14.6 Å². The lowest BCUT2D eigenvalue weighted by Gasteiger charge is -2.09. The normalized spacial score (nSPS) is 11.6. The van der Waals surface area contributed by atoms with E-state index in [1.165, 1.54) is 44.7 Å². The molecule has 0 aliphatic rings. The second-order valence-corrected chi connectivity index (χ2v) is 6.99. The molecule has 0 radical (unpaired) electrons. The summed E-state index contributed by atoms with van der Waals surface area (Å²) in [5, 5.41) is 9.83. The molecule has 0 aromatic heterocycles. The van der Waals surface area contributed by atoms with Crippen LogP contribution in [0.5, 0.6) is 17.2 Å². The van der Waals surface area contributed by atoms with Gasteiger partial charge in [-0.15, -0.1) is 0 Å². The van der Waals surface area contributed by atoms with E-state index in [4.69, 9.17) is 9.47 Å². The molecule has 0 amide bonds. The third-order valence-corrected chi connectivity index (χ3v) is 4.73. The maximum atomic E-state index is 12.2. The molecule has 0 bridgehead atoms. The molecule has 6 nitrogen and oxygen atoms in total. The molecular weight excluding hydrogens is 386 g/mol. The summed E-state index contributed by atoms with van der Waals surface area (Å²) < 4.78 is 38.8. The van der Waals surface area contributed by atoms with Crippen molar-refractivity contribution in [2.24, 2.45) is 4.40 Å². The Labute approximate surface area is 142 Å². The Morgan fingerprint density at radius 1 is 1.09 bits per heavy atom. The van der Waals surface area contributed by atoms with E-state index in [9.17, 15) is 13.5 Å². The molecule has 0 aliphatic heterocycles. The fraction of sp³-hybridized carbons (Fsp3) is 0.133. The molecule has 0 atom stereocenters. The number of nitrogens with zero attached hydrogens (tertiary/aromatic N) is 1. The summed E-state index contributed by atoms with van der Waals surface area (Å²) in [7, 11) is -1.05. The van der Waals surface area contributed by atoms with Gasteiger partial charge in [0.15, 0.2) is 11.5 Å². The molecular formula is C15H14BrNO5S. The van der Waals surface area contributed by atoms with Crippen molar-refractivity contribution in [1.29, 1.82) is 0 Å². The lowest BCUT2D eigenvalue weighted by atomic mass is 10.2. The molecule has 0 saturated heterocycles. The minimum absolute atomic E-state index is 0.0784. The van der Waals surface area contributed by atoms with Crippen LogP contribution >= 0.6 is 15.9 Å². The van der Waals surface area contributed by atoms with Gasteiger partial charge in [-0.2, -0.15) is 12.8 Å². The van der Waals surface area contributed by atoms with Crippen LogP contribution in [0.3, 0.4) is 0 Å². The topological polar surface area (TPSA) is 85.2 Å². The monoisotopic (exact) mass is 399 g/mol. The maximum absolute atomic E-state index is 12.2. The molecule has 8 heteroatoms. The molecule has 0 aliphatic carbocycles. The number of phenolic OH excluding ortho intramolecular Hbond substituents is 1. The Balaban J connectivity index is 2.37. The highest BCUT2D eigenvalue weighted by Gasteiger charge is 2.13. The van der Waals surface area contributed by atoms with Crippen LogP contribution in [0.2, 0.25) is 0 Å². The summed E-state index contributed by atoms with van der Waals surface area (Å²) in [4.78, 5) is 0.0784. The van der Waals surface area contributed by atoms with Crippen molar-refractivity contribution in [2.75, 3.05) is 14.2 Å². The number of ether oxygens (including phenoxy) is 2. The molecule has 122 valence electrons. The third kappa shape index (κ3) is 4.02. The van der Waals surface area contributed by atoms with E-state index in [2.05, 4.69) is 20.3 Å². The number of benzene rings is 2. The lowest BCUT2D eigenvalue weighted by Crippen LogP contribution is -1.98. The predicted molar refractivity (Wildman–Crippen MR) is 90.1 cm³/mol. The zero-order valence-electron chi connectivity index (χ0n) is 12.4. The minimum Gasteiger partial charge on any atom is -0.502 e. The minimum atomic E-state index is -3.82. The molecule has 0 spiro atoms. The molecule has 0 unspecified atom stereocenters. The average Bonchev–Trinajstić information content (AvgIpc) is 2.54. The summed E-state index contributed by atoms with van der Waals surface area (Å²) in [5.74, 6) is 0.154. The third-order valence-electron chi connectivity index (χ3n) is 2.95. The number of hydrogen-bond acceptors (Lipinski definition) is 5. The summed E-state index contributed by atoms with van der Waals surface area (Å²) in [6, 6.07) is 9.06. The summed E-state index contributed by atoms with van der Waals surface area (Å²) >= 11 is 3.24. The number of aromatic hydroxyl groups is 1. The van der Waals surface area contributed by atoms with E-state index in [-0.39, 0.29) is 22.1 Å². The van der Waals surface area contributed by atoms with Crippen LogP contribution in [0.1, 0.15) is 5.56 Å². The van der Waals surface area contributed by atoms with Gasteiger partial charge in [-0.3, -0.25) is 0 Å². The van der Waals surface area contributed by atoms with Crippen molar-refractivity contribution in [2.45, 2.75) is 4.90 Å². The van der Waals surface area contributed by atoms with E-state index in [0.29, 0.717) is 5.56 Å². The van der Waals surface area contributed by atoms with Gasteiger partial charge in [-0.05, 0) is 36.4 Å². The Morgan fingerprint density at radius 3 is 2.09 bits per heavy atom. The summed E-state index contributed by atoms with van der Waals surface area (Å²) in [6.45, 7) is 0. The van der Waals surface area contributed by atoms with Crippen LogP contribution in [0.25, 0.3) is 0 Å². The number of methoxy groups -OCH3 is 2. The highest BCUT2D eigenvalue weighted by Crippen LogP contribution is 2.36. The van der Waals surface area contributed by atoms with E-state index in [1.807, 2.05) is 0 Å². The number of phenols is 1. The van der Waals surface area contributed by atoms with E-state index < -0.39 is 10.0 Å². The first-order valence-corrected chi connectivity index (χ1v) is 8.61. The van der Waals surface area contributed by atoms with Gasteiger partial charge in [-0.1, -0.05) is 15.9 Å². The second kappa shape index (κ2) is 7.01. The molecule has 2 rings (SSSR count). The van der Waals surface area contributed by atoms with Crippen molar-refractivity contribution >= 4 is 32.2 Å². The van der Waals surface area contributed by atoms with Crippen LogP contribution in [-0.2, 0) is 10.0 Å². The quantitative estimate of drug-likeness (QED) is 0.781. The Hall–Kier alpha value is -2.06. The van der Waals surface area contributed by atoms with E-state index in [1.54, 1.807) is 12.1 Å². The molecule has 2 aromatic rings. The Morgan fingerprint density at radius 2 is 1.61 bits per heavy atom. The molecule has 0 fully saturated rings. The first kappa shape index (κ1) is 17.3. The smallest absolute Gasteiger partial charge is 0.282 e. The number of sulfonamides is 1. The van der Waals surface area contributed by atoms with Crippen molar-refractivity contribution in [3.8, 4) is 17.2 Å². The van der Waals surface area contributed by atoms with Crippen LogP contribution in [0.4, 0.5) is 0 Å². The van der Waals surface area contributed by atoms with Gasteiger partial charge in [-0.25, -0.2) is 0 Å². The zero-order chi connectivity index (χ0) is 17.0. The number of halogens is 1. The largest absolute Gasteiger partial charge is 0.502 e. The first-order valence-electron chi connectivity index (χ1n) is 6.38. The number of rotatable bonds is 5. The van der Waals surface area contributed by atoms with Crippen molar-refractivity contribution < 1.29 is 23.0 Å². The number of hydrogen-bond donors (Lipinski definition) is 1. The van der Waals surface area contributed by atoms with Crippen LogP contribution in [0, 0.1) is 0 Å². The fourth-order valence-corrected chi connectivity index (χ4v) is 2.91. The van der Waals surface area contributed by atoms with E-state index >= 15 is 0 Å². The highest BCUT2D eigenvalue weighted by molar-refractivity contribution is 9.10.